The second kappa shape index (κ2) is 5.81. The fourth-order valence-electron chi connectivity index (χ4n) is 2.56. The predicted octanol–water partition coefficient (Wildman–Crippen LogP) is 3.10. The number of rotatable bonds is 5. The molecule has 0 aliphatic rings. The van der Waals surface area contributed by atoms with Crippen molar-refractivity contribution in [1.29, 1.82) is 0 Å². The summed E-state index contributed by atoms with van der Waals surface area (Å²) in [5.74, 6) is -0.984. The molecule has 22 heavy (non-hydrogen) atoms. The molecule has 0 bridgehead atoms. The van der Waals surface area contributed by atoms with Gasteiger partial charge in [0.1, 0.15) is 0 Å². The molecule has 0 atom stereocenters. The third-order valence-electron chi connectivity index (χ3n) is 3.66. The van der Waals surface area contributed by atoms with Gasteiger partial charge in [0.05, 0.1) is 5.56 Å². The molecule has 5 heteroatoms. The Kier molecular flexibility index (Phi) is 3.70. The smallest absolute Gasteiger partial charge is 0.337 e. The minimum absolute atomic E-state index is 0.193. The van der Waals surface area contributed by atoms with Crippen molar-refractivity contribution < 1.29 is 9.90 Å². The van der Waals surface area contributed by atoms with Gasteiger partial charge < -0.3 is 21.1 Å². The molecule has 3 rings (SSSR count). The van der Waals surface area contributed by atoms with Gasteiger partial charge in [0.2, 0.25) is 0 Å². The van der Waals surface area contributed by atoms with E-state index in [4.69, 9.17) is 5.73 Å². The maximum Gasteiger partial charge on any atom is 0.337 e. The monoisotopic (exact) mass is 295 g/mol. The third-order valence-corrected chi connectivity index (χ3v) is 3.66. The number of para-hydroxylation sites is 1. The van der Waals surface area contributed by atoms with E-state index >= 15 is 0 Å². The topological polar surface area (TPSA) is 91.1 Å². The number of hydrogen-bond donors (Lipinski definition) is 4. The zero-order chi connectivity index (χ0) is 15.5. The van der Waals surface area contributed by atoms with Gasteiger partial charge in [-0.1, -0.05) is 18.2 Å². The standard InChI is InChI=1S/C17H17N3O2/c18-12-5-6-16(14(9-12)17(21)22)19-8-7-11-10-20-15-4-2-1-3-13(11)15/h1-6,9-10,19-20H,7-8,18H2,(H,21,22). The number of carboxylic acids is 1. The molecule has 0 saturated carbocycles. The molecule has 5 N–H and O–H groups in total. The number of nitrogen functional groups attached to an aromatic ring is 1. The number of aromatic amines is 1. The second-order valence-electron chi connectivity index (χ2n) is 5.15. The SMILES string of the molecule is Nc1ccc(NCCc2c[nH]c3ccccc23)c(C(=O)O)c1. The molecule has 112 valence electrons. The van der Waals surface area contributed by atoms with Gasteiger partial charge in [-0.25, -0.2) is 4.79 Å². The van der Waals surface area contributed by atoms with E-state index in [1.165, 1.54) is 17.0 Å². The van der Waals surface area contributed by atoms with Crippen LogP contribution in [0.1, 0.15) is 15.9 Å². The number of hydrogen-bond acceptors (Lipinski definition) is 3. The lowest BCUT2D eigenvalue weighted by Gasteiger charge is -2.10. The number of aromatic carboxylic acids is 1. The Morgan fingerprint density at radius 2 is 2.05 bits per heavy atom. The number of H-pyrrole nitrogens is 1. The zero-order valence-electron chi connectivity index (χ0n) is 12.0. The molecule has 0 radical (unpaired) electrons. The van der Waals surface area contributed by atoms with Crippen LogP contribution < -0.4 is 11.1 Å². The summed E-state index contributed by atoms with van der Waals surface area (Å²) in [4.78, 5) is 14.5. The van der Waals surface area contributed by atoms with E-state index in [2.05, 4.69) is 16.4 Å². The second-order valence-corrected chi connectivity index (χ2v) is 5.15. The number of fused-ring (bicyclic) bond motifs is 1. The Hall–Kier alpha value is -2.95. The van der Waals surface area contributed by atoms with Crippen molar-refractivity contribution in [2.24, 2.45) is 0 Å². The summed E-state index contributed by atoms with van der Waals surface area (Å²) < 4.78 is 0. The molecule has 5 nitrogen and oxygen atoms in total. The lowest BCUT2D eigenvalue weighted by atomic mass is 10.1. The molecule has 0 aliphatic heterocycles. The van der Waals surface area contributed by atoms with Crippen molar-refractivity contribution in [2.75, 3.05) is 17.6 Å². The molecule has 2 aromatic carbocycles. The van der Waals surface area contributed by atoms with Crippen LogP contribution in [0.25, 0.3) is 10.9 Å². The van der Waals surface area contributed by atoms with Crippen molar-refractivity contribution in [3.8, 4) is 0 Å². The lowest BCUT2D eigenvalue weighted by Crippen LogP contribution is -2.10. The lowest BCUT2D eigenvalue weighted by molar-refractivity contribution is 0.0698. The van der Waals surface area contributed by atoms with E-state index in [-0.39, 0.29) is 5.56 Å². The first-order valence-corrected chi connectivity index (χ1v) is 7.07. The highest BCUT2D eigenvalue weighted by molar-refractivity contribution is 5.95. The highest BCUT2D eigenvalue weighted by atomic mass is 16.4. The van der Waals surface area contributed by atoms with Crippen molar-refractivity contribution in [1.82, 2.24) is 4.98 Å². The van der Waals surface area contributed by atoms with Crippen LogP contribution in [0, 0.1) is 0 Å². The van der Waals surface area contributed by atoms with Gasteiger partial charge in [-0.3, -0.25) is 0 Å². The molecule has 0 amide bonds. The minimum atomic E-state index is -0.984. The van der Waals surface area contributed by atoms with Gasteiger partial charge in [0.15, 0.2) is 0 Å². The molecule has 0 saturated heterocycles. The van der Waals surface area contributed by atoms with Crippen LogP contribution in [0.3, 0.4) is 0 Å². The Balaban J connectivity index is 1.72. The number of nitrogens with one attached hydrogen (secondary N) is 2. The molecule has 1 aromatic heterocycles. The first kappa shape index (κ1) is 14.0. The number of nitrogens with two attached hydrogens (primary N) is 1. The van der Waals surface area contributed by atoms with Crippen LogP contribution in [-0.4, -0.2) is 22.6 Å². The van der Waals surface area contributed by atoms with E-state index < -0.39 is 5.97 Å². The molecule has 1 heterocycles. The summed E-state index contributed by atoms with van der Waals surface area (Å²) in [6.07, 6.45) is 2.79. The summed E-state index contributed by atoms with van der Waals surface area (Å²) in [6.45, 7) is 0.645. The van der Waals surface area contributed by atoms with Gasteiger partial charge in [-0.2, -0.15) is 0 Å². The maximum atomic E-state index is 11.2. The summed E-state index contributed by atoms with van der Waals surface area (Å²) >= 11 is 0. The summed E-state index contributed by atoms with van der Waals surface area (Å²) in [5.41, 5.74) is 9.17. The predicted molar refractivity (Wildman–Crippen MR) is 88.3 cm³/mol. The van der Waals surface area contributed by atoms with Gasteiger partial charge in [-0.05, 0) is 36.2 Å². The Morgan fingerprint density at radius 3 is 2.86 bits per heavy atom. The summed E-state index contributed by atoms with van der Waals surface area (Å²) in [5, 5.41) is 13.6. The normalized spacial score (nSPS) is 10.7. The van der Waals surface area contributed by atoms with E-state index in [9.17, 15) is 9.90 Å². The Morgan fingerprint density at radius 1 is 1.23 bits per heavy atom. The number of anilines is 2. The molecule has 0 fully saturated rings. The zero-order valence-corrected chi connectivity index (χ0v) is 12.0. The van der Waals surface area contributed by atoms with Crippen molar-refractivity contribution in [2.45, 2.75) is 6.42 Å². The number of benzene rings is 2. The van der Waals surface area contributed by atoms with Crippen LogP contribution >= 0.6 is 0 Å². The molecular weight excluding hydrogens is 278 g/mol. The first-order chi connectivity index (χ1) is 10.6. The van der Waals surface area contributed by atoms with E-state index in [0.717, 1.165) is 11.9 Å². The molecule has 3 aromatic rings. The van der Waals surface area contributed by atoms with Gasteiger partial charge in [0, 0.05) is 35.0 Å². The van der Waals surface area contributed by atoms with E-state index in [0.29, 0.717) is 17.9 Å². The average Bonchev–Trinajstić information content (AvgIpc) is 2.92. The first-order valence-electron chi connectivity index (χ1n) is 7.07. The molecule has 0 spiro atoms. The van der Waals surface area contributed by atoms with Gasteiger partial charge in [-0.15, -0.1) is 0 Å². The maximum absolute atomic E-state index is 11.2. The van der Waals surface area contributed by atoms with Crippen molar-refractivity contribution >= 4 is 28.2 Å². The van der Waals surface area contributed by atoms with E-state index in [1.54, 1.807) is 12.1 Å². The summed E-state index contributed by atoms with van der Waals surface area (Å²) in [7, 11) is 0. The number of carboxylic acid groups (broad SMARTS) is 1. The summed E-state index contributed by atoms with van der Waals surface area (Å²) in [6, 6.07) is 13.0. The molecule has 0 aliphatic carbocycles. The van der Waals surface area contributed by atoms with E-state index in [1.807, 2.05) is 24.4 Å². The van der Waals surface area contributed by atoms with Crippen LogP contribution in [0.4, 0.5) is 11.4 Å². The van der Waals surface area contributed by atoms with Crippen LogP contribution in [0.5, 0.6) is 0 Å². The van der Waals surface area contributed by atoms with Crippen LogP contribution in [-0.2, 0) is 6.42 Å². The number of carbonyl (C=O) groups is 1. The molecule has 0 unspecified atom stereocenters. The van der Waals surface area contributed by atoms with Gasteiger partial charge in [0.25, 0.3) is 0 Å². The Bertz CT molecular complexity index is 824. The minimum Gasteiger partial charge on any atom is -0.478 e. The van der Waals surface area contributed by atoms with Crippen LogP contribution in [0.15, 0.2) is 48.7 Å². The van der Waals surface area contributed by atoms with Crippen molar-refractivity contribution in [3.05, 3.63) is 59.8 Å². The average molecular weight is 295 g/mol. The third kappa shape index (κ3) is 2.74. The Labute approximate surface area is 127 Å². The van der Waals surface area contributed by atoms with Crippen LogP contribution in [0.2, 0.25) is 0 Å². The van der Waals surface area contributed by atoms with Gasteiger partial charge >= 0.3 is 5.97 Å². The molecular formula is C17H17N3O2. The number of aromatic nitrogens is 1. The fourth-order valence-corrected chi connectivity index (χ4v) is 2.56. The fraction of sp³-hybridized carbons (Fsp3) is 0.118. The largest absolute Gasteiger partial charge is 0.478 e. The quantitative estimate of drug-likeness (QED) is 0.544. The van der Waals surface area contributed by atoms with Crippen molar-refractivity contribution in [3.63, 3.8) is 0 Å². The highest BCUT2D eigenvalue weighted by Gasteiger charge is 2.10. The highest BCUT2D eigenvalue weighted by Crippen LogP contribution is 2.21.